The molecule has 4 nitrogen and oxygen atoms in total. The Morgan fingerprint density at radius 3 is 2.93 bits per heavy atom. The molecule has 1 aromatic carbocycles. The highest BCUT2D eigenvalue weighted by molar-refractivity contribution is 14.1. The van der Waals surface area contributed by atoms with E-state index in [1.807, 2.05) is 29.5 Å². The molecule has 0 saturated heterocycles. The van der Waals surface area contributed by atoms with Crippen molar-refractivity contribution in [2.45, 2.75) is 6.92 Å². The monoisotopic (exact) mass is 317 g/mol. The Kier molecular flexibility index (Phi) is 4.54. The summed E-state index contributed by atoms with van der Waals surface area (Å²) in [7, 11) is 0. The summed E-state index contributed by atoms with van der Waals surface area (Å²) >= 11 is 1.92. The van der Waals surface area contributed by atoms with Crippen LogP contribution in [0.5, 0.6) is 0 Å². The Balaban J connectivity index is 2.87. The van der Waals surface area contributed by atoms with Gasteiger partial charge >= 0.3 is 0 Å². The molecule has 0 aliphatic carbocycles. The lowest BCUT2D eigenvalue weighted by Gasteiger charge is -2.03. The van der Waals surface area contributed by atoms with Crippen LogP contribution in [0.1, 0.15) is 12.5 Å². The molecule has 0 aromatic heterocycles. The number of hydrogen-bond acceptors (Lipinski definition) is 4. The van der Waals surface area contributed by atoms with Gasteiger partial charge in [0.15, 0.2) is 6.40 Å². The van der Waals surface area contributed by atoms with E-state index in [4.69, 9.17) is 15.9 Å². The largest absolute Gasteiger partial charge is 0.483 e. The summed E-state index contributed by atoms with van der Waals surface area (Å²) in [5.41, 5.74) is 7.77. The minimum atomic E-state index is 0.422. The molecule has 15 heavy (non-hydrogen) atoms. The molecule has 0 fully saturated rings. The Hall–Kier alpha value is -1.11. The standard InChI is InChI=1S/C10H12IN3O/c1-2-15-6-14-7-3-4-8(10(11)13)9(12)5-7/h3-6,13H,2,12H2,1H3. The van der Waals surface area contributed by atoms with Crippen LogP contribution in [0.3, 0.4) is 0 Å². The van der Waals surface area contributed by atoms with Crippen LogP contribution in [0.25, 0.3) is 0 Å². The van der Waals surface area contributed by atoms with Crippen LogP contribution in [-0.2, 0) is 4.74 Å². The fourth-order valence-corrected chi connectivity index (χ4v) is 1.49. The van der Waals surface area contributed by atoms with Gasteiger partial charge in [-0.15, -0.1) is 0 Å². The van der Waals surface area contributed by atoms with Gasteiger partial charge < -0.3 is 10.5 Å². The molecule has 1 aromatic rings. The summed E-state index contributed by atoms with van der Waals surface area (Å²) in [4.78, 5) is 4.06. The molecule has 0 bridgehead atoms. The van der Waals surface area contributed by atoms with Crippen molar-refractivity contribution in [1.82, 2.24) is 0 Å². The summed E-state index contributed by atoms with van der Waals surface area (Å²) < 4.78 is 5.40. The van der Waals surface area contributed by atoms with Crippen LogP contribution >= 0.6 is 22.6 Å². The molecule has 0 heterocycles. The molecular weight excluding hydrogens is 305 g/mol. The van der Waals surface area contributed by atoms with Crippen molar-refractivity contribution in [1.29, 1.82) is 5.41 Å². The van der Waals surface area contributed by atoms with Gasteiger partial charge in [-0.05, 0) is 47.7 Å². The van der Waals surface area contributed by atoms with Crippen LogP contribution < -0.4 is 5.73 Å². The third-order valence-corrected chi connectivity index (χ3v) is 2.30. The third kappa shape index (κ3) is 3.50. The van der Waals surface area contributed by atoms with E-state index in [-0.39, 0.29) is 0 Å². The fourth-order valence-electron chi connectivity index (χ4n) is 1.00. The first-order valence-electron chi connectivity index (χ1n) is 4.43. The van der Waals surface area contributed by atoms with Crippen molar-refractivity contribution in [2.24, 2.45) is 4.99 Å². The Morgan fingerprint density at radius 2 is 2.40 bits per heavy atom. The number of ether oxygens (including phenoxy) is 1. The topological polar surface area (TPSA) is 71.5 Å². The maximum absolute atomic E-state index is 7.46. The Labute approximate surface area is 102 Å². The molecule has 80 valence electrons. The van der Waals surface area contributed by atoms with E-state index in [0.717, 1.165) is 11.3 Å². The minimum absolute atomic E-state index is 0.422. The van der Waals surface area contributed by atoms with Crippen molar-refractivity contribution < 1.29 is 4.74 Å². The zero-order chi connectivity index (χ0) is 11.3. The Morgan fingerprint density at radius 1 is 1.67 bits per heavy atom. The van der Waals surface area contributed by atoms with Crippen LogP contribution in [0, 0.1) is 5.41 Å². The van der Waals surface area contributed by atoms with Crippen LogP contribution in [-0.4, -0.2) is 16.7 Å². The average molecular weight is 317 g/mol. The van der Waals surface area contributed by atoms with Crippen molar-refractivity contribution >= 4 is 44.1 Å². The van der Waals surface area contributed by atoms with Crippen LogP contribution in [0.15, 0.2) is 23.2 Å². The average Bonchev–Trinajstić information content (AvgIpc) is 2.17. The zero-order valence-corrected chi connectivity index (χ0v) is 10.5. The number of benzene rings is 1. The lowest BCUT2D eigenvalue weighted by Crippen LogP contribution is -1.96. The molecule has 0 spiro atoms. The number of nitrogens with two attached hydrogens (primary N) is 1. The molecule has 3 N–H and O–H groups in total. The maximum atomic E-state index is 7.46. The molecule has 0 aliphatic rings. The van der Waals surface area contributed by atoms with Gasteiger partial charge in [0.05, 0.1) is 12.3 Å². The van der Waals surface area contributed by atoms with E-state index in [9.17, 15) is 0 Å². The molecular formula is C10H12IN3O. The van der Waals surface area contributed by atoms with Crippen molar-refractivity contribution in [3.05, 3.63) is 23.8 Å². The van der Waals surface area contributed by atoms with E-state index in [2.05, 4.69) is 4.99 Å². The summed E-state index contributed by atoms with van der Waals surface area (Å²) in [5, 5.41) is 7.46. The van der Waals surface area contributed by atoms with Crippen molar-refractivity contribution in [2.75, 3.05) is 12.3 Å². The maximum Gasteiger partial charge on any atom is 0.174 e. The third-order valence-electron chi connectivity index (χ3n) is 1.71. The quantitative estimate of drug-likeness (QED) is 0.388. The number of aliphatic imine (C=N–C) groups is 1. The predicted molar refractivity (Wildman–Crippen MR) is 71.5 cm³/mol. The van der Waals surface area contributed by atoms with Gasteiger partial charge in [0.2, 0.25) is 0 Å². The molecule has 0 saturated carbocycles. The first-order chi connectivity index (χ1) is 7.15. The van der Waals surface area contributed by atoms with Crippen molar-refractivity contribution in [3.8, 4) is 0 Å². The molecule has 0 amide bonds. The van der Waals surface area contributed by atoms with Gasteiger partial charge in [-0.3, -0.25) is 5.41 Å². The second-order valence-electron chi connectivity index (χ2n) is 2.78. The van der Waals surface area contributed by atoms with Gasteiger partial charge in [0.1, 0.15) is 3.72 Å². The van der Waals surface area contributed by atoms with Gasteiger partial charge in [0, 0.05) is 11.3 Å². The van der Waals surface area contributed by atoms with Gasteiger partial charge in [-0.25, -0.2) is 4.99 Å². The number of rotatable bonds is 4. The van der Waals surface area contributed by atoms with E-state index in [1.165, 1.54) is 6.40 Å². The lowest BCUT2D eigenvalue weighted by molar-refractivity contribution is 0.344. The zero-order valence-electron chi connectivity index (χ0n) is 8.33. The minimum Gasteiger partial charge on any atom is -0.483 e. The van der Waals surface area contributed by atoms with E-state index in [1.54, 1.807) is 18.2 Å². The summed E-state index contributed by atoms with van der Waals surface area (Å²) in [6.45, 7) is 2.48. The van der Waals surface area contributed by atoms with Crippen LogP contribution in [0.4, 0.5) is 11.4 Å². The van der Waals surface area contributed by atoms with Gasteiger partial charge in [0.25, 0.3) is 0 Å². The first-order valence-corrected chi connectivity index (χ1v) is 5.51. The first kappa shape index (κ1) is 12.0. The number of anilines is 1. The molecule has 0 atom stereocenters. The number of halogens is 1. The smallest absolute Gasteiger partial charge is 0.174 e. The highest BCUT2D eigenvalue weighted by atomic mass is 127. The summed E-state index contributed by atoms with van der Waals surface area (Å²) in [6.07, 6.45) is 1.39. The van der Waals surface area contributed by atoms with E-state index in [0.29, 0.717) is 16.0 Å². The van der Waals surface area contributed by atoms with E-state index >= 15 is 0 Å². The van der Waals surface area contributed by atoms with Crippen LogP contribution in [0.2, 0.25) is 0 Å². The molecule has 0 radical (unpaired) electrons. The molecule has 0 aliphatic heterocycles. The molecule has 1 rings (SSSR count). The molecule has 0 unspecified atom stereocenters. The Bertz CT molecular complexity index is 390. The summed E-state index contributed by atoms with van der Waals surface area (Å²) in [6, 6.07) is 5.30. The van der Waals surface area contributed by atoms with Gasteiger partial charge in [-0.1, -0.05) is 0 Å². The second-order valence-corrected chi connectivity index (χ2v) is 3.85. The highest BCUT2D eigenvalue weighted by Crippen LogP contribution is 2.22. The number of nitrogens with one attached hydrogen (secondary N) is 1. The highest BCUT2D eigenvalue weighted by Gasteiger charge is 2.02. The molecule has 5 heteroatoms. The predicted octanol–water partition coefficient (Wildman–Crippen LogP) is 2.73. The number of hydrogen-bond donors (Lipinski definition) is 2. The van der Waals surface area contributed by atoms with E-state index < -0.39 is 0 Å². The van der Waals surface area contributed by atoms with Crippen molar-refractivity contribution in [3.63, 3.8) is 0 Å². The fraction of sp³-hybridized carbons (Fsp3) is 0.200. The second kappa shape index (κ2) is 5.69. The normalized spacial score (nSPS) is 10.5. The lowest BCUT2D eigenvalue weighted by atomic mass is 10.2. The van der Waals surface area contributed by atoms with Gasteiger partial charge in [-0.2, -0.15) is 0 Å². The SMILES string of the molecule is CCOC=Nc1ccc(C(=N)I)c(N)c1. The number of nitrogen functional groups attached to an aromatic ring is 1. The number of nitrogens with zero attached hydrogens (tertiary/aromatic N) is 1. The summed E-state index contributed by atoms with van der Waals surface area (Å²) in [5.74, 6) is 0.